The highest BCUT2D eigenvalue weighted by Crippen LogP contribution is 2.19. The molecule has 0 aromatic rings. The van der Waals surface area contributed by atoms with Crippen molar-refractivity contribution in [1.29, 1.82) is 5.26 Å². The SMILES string of the molecule is C=CCOC(=O)N1CCC(N)(C#N)CC1. The first-order valence-corrected chi connectivity index (χ1v) is 4.84. The van der Waals surface area contributed by atoms with Gasteiger partial charge >= 0.3 is 6.09 Å². The molecule has 1 aliphatic rings. The van der Waals surface area contributed by atoms with Gasteiger partial charge in [-0.25, -0.2) is 4.79 Å². The molecule has 15 heavy (non-hydrogen) atoms. The minimum absolute atomic E-state index is 0.210. The maximum absolute atomic E-state index is 11.4. The number of carbonyl (C=O) groups excluding carboxylic acids is 1. The van der Waals surface area contributed by atoms with E-state index in [9.17, 15) is 4.79 Å². The third-order valence-electron chi connectivity index (χ3n) is 2.46. The first kappa shape index (κ1) is 11.5. The third-order valence-corrected chi connectivity index (χ3v) is 2.46. The Balaban J connectivity index is 2.41. The van der Waals surface area contributed by atoms with Gasteiger partial charge in [-0.3, -0.25) is 0 Å². The van der Waals surface area contributed by atoms with Gasteiger partial charge in [0.15, 0.2) is 0 Å². The van der Waals surface area contributed by atoms with Crippen LogP contribution in [0.5, 0.6) is 0 Å². The van der Waals surface area contributed by atoms with Crippen molar-refractivity contribution in [3.8, 4) is 6.07 Å². The number of rotatable bonds is 2. The van der Waals surface area contributed by atoms with Crippen LogP contribution >= 0.6 is 0 Å². The van der Waals surface area contributed by atoms with Gasteiger partial charge in [0.2, 0.25) is 0 Å². The Morgan fingerprint density at radius 1 is 1.67 bits per heavy atom. The van der Waals surface area contributed by atoms with Crippen molar-refractivity contribution in [3.63, 3.8) is 0 Å². The molecule has 0 unspecified atom stereocenters. The molecule has 0 atom stereocenters. The zero-order valence-corrected chi connectivity index (χ0v) is 8.61. The average molecular weight is 209 g/mol. The predicted molar refractivity (Wildman–Crippen MR) is 54.9 cm³/mol. The van der Waals surface area contributed by atoms with Gasteiger partial charge < -0.3 is 15.4 Å². The smallest absolute Gasteiger partial charge is 0.410 e. The van der Waals surface area contributed by atoms with Crippen LogP contribution < -0.4 is 5.73 Å². The van der Waals surface area contributed by atoms with Crippen molar-refractivity contribution in [2.45, 2.75) is 18.4 Å². The van der Waals surface area contributed by atoms with Crippen LogP contribution in [0.3, 0.4) is 0 Å². The molecular weight excluding hydrogens is 194 g/mol. The third kappa shape index (κ3) is 2.96. The van der Waals surface area contributed by atoms with Gasteiger partial charge in [-0.15, -0.1) is 0 Å². The maximum atomic E-state index is 11.4. The van der Waals surface area contributed by atoms with E-state index in [4.69, 9.17) is 15.7 Å². The lowest BCUT2D eigenvalue weighted by atomic mass is 9.91. The second-order valence-corrected chi connectivity index (χ2v) is 3.62. The van der Waals surface area contributed by atoms with Gasteiger partial charge in [0.25, 0.3) is 0 Å². The molecule has 0 aromatic carbocycles. The highest BCUT2D eigenvalue weighted by atomic mass is 16.6. The van der Waals surface area contributed by atoms with E-state index in [0.717, 1.165) is 0 Å². The molecule has 5 nitrogen and oxygen atoms in total. The minimum atomic E-state index is -0.783. The lowest BCUT2D eigenvalue weighted by Gasteiger charge is -2.33. The predicted octanol–water partition coefficient (Wildman–Crippen LogP) is 0.626. The molecule has 2 N–H and O–H groups in total. The van der Waals surface area contributed by atoms with Crippen LogP contribution in [0.1, 0.15) is 12.8 Å². The normalized spacial score (nSPS) is 19.1. The van der Waals surface area contributed by atoms with Crippen molar-refractivity contribution in [3.05, 3.63) is 12.7 Å². The fraction of sp³-hybridized carbons (Fsp3) is 0.600. The Morgan fingerprint density at radius 3 is 2.73 bits per heavy atom. The number of carbonyl (C=O) groups is 1. The largest absolute Gasteiger partial charge is 0.445 e. The van der Waals surface area contributed by atoms with Gasteiger partial charge in [0, 0.05) is 13.1 Å². The molecule has 1 amide bonds. The molecule has 1 fully saturated rings. The number of likely N-dealkylation sites (tertiary alicyclic amines) is 1. The summed E-state index contributed by atoms with van der Waals surface area (Å²) in [4.78, 5) is 13.0. The van der Waals surface area contributed by atoms with E-state index in [1.54, 1.807) is 4.90 Å². The summed E-state index contributed by atoms with van der Waals surface area (Å²) in [5, 5.41) is 8.79. The summed E-state index contributed by atoms with van der Waals surface area (Å²) in [6.07, 6.45) is 2.14. The van der Waals surface area contributed by atoms with Crippen molar-refractivity contribution in [2.75, 3.05) is 19.7 Å². The van der Waals surface area contributed by atoms with E-state index >= 15 is 0 Å². The molecule has 0 radical (unpaired) electrons. The van der Waals surface area contributed by atoms with E-state index in [-0.39, 0.29) is 12.7 Å². The number of hydrogen-bond acceptors (Lipinski definition) is 4. The van der Waals surface area contributed by atoms with Crippen molar-refractivity contribution >= 4 is 6.09 Å². The molecule has 1 heterocycles. The average Bonchev–Trinajstić information content (AvgIpc) is 2.27. The Labute approximate surface area is 89.1 Å². The number of nitriles is 1. The summed E-state index contributed by atoms with van der Waals surface area (Å²) in [6.45, 7) is 4.61. The van der Waals surface area contributed by atoms with E-state index in [1.807, 2.05) is 0 Å². The number of amides is 1. The zero-order valence-electron chi connectivity index (χ0n) is 8.61. The molecule has 0 aromatic heterocycles. The summed E-state index contributed by atoms with van der Waals surface area (Å²) < 4.78 is 4.88. The standard InChI is InChI=1S/C10H15N3O2/c1-2-7-15-9(14)13-5-3-10(12,8-11)4-6-13/h2H,1,3-7,12H2. The zero-order chi connectivity index (χ0) is 11.3. The van der Waals surface area contributed by atoms with Crippen LogP contribution in [0.2, 0.25) is 0 Å². The topological polar surface area (TPSA) is 79.3 Å². The van der Waals surface area contributed by atoms with E-state index < -0.39 is 5.54 Å². The Kier molecular flexibility index (Phi) is 3.69. The molecule has 1 aliphatic heterocycles. The first-order valence-electron chi connectivity index (χ1n) is 4.84. The second-order valence-electron chi connectivity index (χ2n) is 3.62. The number of nitrogens with zero attached hydrogens (tertiary/aromatic N) is 2. The Morgan fingerprint density at radius 2 is 2.27 bits per heavy atom. The number of piperidine rings is 1. The molecule has 0 saturated carbocycles. The number of ether oxygens (including phenoxy) is 1. The summed E-state index contributed by atoms with van der Waals surface area (Å²) in [5.74, 6) is 0. The molecular formula is C10H15N3O2. The quantitative estimate of drug-likeness (QED) is 0.676. The van der Waals surface area contributed by atoms with E-state index in [1.165, 1.54) is 6.08 Å². The summed E-state index contributed by atoms with van der Waals surface area (Å²) in [5.41, 5.74) is 4.98. The fourth-order valence-corrected chi connectivity index (χ4v) is 1.42. The van der Waals surface area contributed by atoms with Crippen molar-refractivity contribution in [2.24, 2.45) is 5.73 Å². The minimum Gasteiger partial charge on any atom is -0.445 e. The number of nitrogens with two attached hydrogens (primary N) is 1. The highest BCUT2D eigenvalue weighted by Gasteiger charge is 2.32. The van der Waals surface area contributed by atoms with Crippen LogP contribution in [-0.4, -0.2) is 36.2 Å². The van der Waals surface area contributed by atoms with Crippen LogP contribution in [0, 0.1) is 11.3 Å². The van der Waals surface area contributed by atoms with Gasteiger partial charge in [0.05, 0.1) is 6.07 Å². The van der Waals surface area contributed by atoms with E-state index in [0.29, 0.717) is 25.9 Å². The van der Waals surface area contributed by atoms with Gasteiger partial charge in [-0.1, -0.05) is 12.7 Å². The first-order chi connectivity index (χ1) is 7.11. The maximum Gasteiger partial charge on any atom is 0.410 e. The molecule has 82 valence electrons. The lowest BCUT2D eigenvalue weighted by molar-refractivity contribution is 0.0974. The molecule has 0 aliphatic carbocycles. The van der Waals surface area contributed by atoms with Gasteiger partial charge in [-0.2, -0.15) is 5.26 Å². The molecule has 0 bridgehead atoms. The molecule has 1 saturated heterocycles. The molecule has 1 rings (SSSR count). The Bertz CT molecular complexity index is 288. The van der Waals surface area contributed by atoms with E-state index in [2.05, 4.69) is 12.6 Å². The Hall–Kier alpha value is -1.54. The highest BCUT2D eigenvalue weighted by molar-refractivity contribution is 5.67. The lowest BCUT2D eigenvalue weighted by Crippen LogP contribution is -2.51. The molecule has 0 spiro atoms. The van der Waals surface area contributed by atoms with Crippen molar-refractivity contribution < 1.29 is 9.53 Å². The monoisotopic (exact) mass is 209 g/mol. The van der Waals surface area contributed by atoms with Crippen LogP contribution in [0.15, 0.2) is 12.7 Å². The van der Waals surface area contributed by atoms with Gasteiger partial charge in [0.1, 0.15) is 12.1 Å². The number of hydrogen-bond donors (Lipinski definition) is 1. The summed E-state index contributed by atoms with van der Waals surface area (Å²) >= 11 is 0. The van der Waals surface area contributed by atoms with Gasteiger partial charge in [-0.05, 0) is 12.8 Å². The summed E-state index contributed by atoms with van der Waals surface area (Å²) in [6, 6.07) is 2.07. The van der Waals surface area contributed by atoms with Crippen LogP contribution in [-0.2, 0) is 4.74 Å². The summed E-state index contributed by atoms with van der Waals surface area (Å²) in [7, 11) is 0. The van der Waals surface area contributed by atoms with Crippen LogP contribution in [0.4, 0.5) is 4.79 Å². The van der Waals surface area contributed by atoms with Crippen LogP contribution in [0.25, 0.3) is 0 Å². The molecule has 5 heteroatoms. The fourth-order valence-electron chi connectivity index (χ4n) is 1.42. The second kappa shape index (κ2) is 4.80. The van der Waals surface area contributed by atoms with Crippen molar-refractivity contribution in [1.82, 2.24) is 4.90 Å².